The number of likely N-dealkylation sites (tertiary alicyclic amines) is 1. The van der Waals surface area contributed by atoms with E-state index in [1.54, 1.807) is 0 Å². The van der Waals surface area contributed by atoms with Gasteiger partial charge in [0.05, 0.1) is 29.1 Å². The van der Waals surface area contributed by atoms with Gasteiger partial charge >= 0.3 is 0 Å². The van der Waals surface area contributed by atoms with E-state index in [2.05, 4.69) is 34.2 Å². The third-order valence-corrected chi connectivity index (χ3v) is 5.03. The summed E-state index contributed by atoms with van der Waals surface area (Å²) >= 11 is 0. The van der Waals surface area contributed by atoms with Gasteiger partial charge in [0.15, 0.2) is 0 Å². The summed E-state index contributed by atoms with van der Waals surface area (Å²) in [5.41, 5.74) is 10.9. The van der Waals surface area contributed by atoms with Crippen LogP contribution in [0.2, 0.25) is 0 Å². The van der Waals surface area contributed by atoms with E-state index in [-0.39, 0.29) is 6.04 Å². The predicted molar refractivity (Wildman–Crippen MR) is 105 cm³/mol. The summed E-state index contributed by atoms with van der Waals surface area (Å²) in [5.74, 6) is 0. The molecular weight excluding hydrogens is 320 g/mol. The molecule has 0 aromatic heterocycles. The highest BCUT2D eigenvalue weighted by Gasteiger charge is 2.29. The second kappa shape index (κ2) is 7.07. The van der Waals surface area contributed by atoms with Gasteiger partial charge in [0, 0.05) is 12.7 Å². The molecule has 0 saturated carbocycles. The van der Waals surface area contributed by atoms with E-state index < -0.39 is 0 Å². The maximum atomic E-state index is 9.86. The molecule has 4 heteroatoms. The summed E-state index contributed by atoms with van der Waals surface area (Å²) in [6.45, 7) is 3.13. The fourth-order valence-electron chi connectivity index (χ4n) is 3.60. The minimum absolute atomic E-state index is 0.161. The van der Waals surface area contributed by atoms with Crippen molar-refractivity contribution >= 4 is 11.4 Å². The van der Waals surface area contributed by atoms with Gasteiger partial charge in [-0.2, -0.15) is 5.26 Å². The lowest BCUT2D eigenvalue weighted by Crippen LogP contribution is -2.39. The van der Waals surface area contributed by atoms with Gasteiger partial charge in [0.1, 0.15) is 0 Å². The highest BCUT2D eigenvalue weighted by atomic mass is 15.2. The monoisotopic (exact) mass is 342 g/mol. The molecule has 2 aromatic rings. The van der Waals surface area contributed by atoms with Crippen LogP contribution in [-0.4, -0.2) is 24.5 Å². The zero-order valence-electron chi connectivity index (χ0n) is 14.7. The third kappa shape index (κ3) is 3.10. The van der Waals surface area contributed by atoms with Crippen LogP contribution in [0.4, 0.5) is 11.4 Å². The van der Waals surface area contributed by atoms with Crippen LogP contribution in [0.15, 0.2) is 78.0 Å². The summed E-state index contributed by atoms with van der Waals surface area (Å²) in [6.07, 6.45) is 5.46. The molecule has 0 spiro atoms. The van der Waals surface area contributed by atoms with E-state index in [9.17, 15) is 5.26 Å². The van der Waals surface area contributed by atoms with Crippen molar-refractivity contribution in [1.29, 1.82) is 5.26 Å². The van der Waals surface area contributed by atoms with Crippen molar-refractivity contribution < 1.29 is 0 Å². The minimum Gasteiger partial charge on any atom is -0.397 e. The van der Waals surface area contributed by atoms with Gasteiger partial charge in [-0.05, 0) is 48.9 Å². The molecule has 0 aliphatic carbocycles. The summed E-state index contributed by atoms with van der Waals surface area (Å²) in [7, 11) is 0. The summed E-state index contributed by atoms with van der Waals surface area (Å²) in [6, 6.07) is 20.3. The number of rotatable bonds is 4. The van der Waals surface area contributed by atoms with Crippen LogP contribution in [0.5, 0.6) is 0 Å². The number of anilines is 2. The average molecular weight is 342 g/mol. The first-order valence-electron chi connectivity index (χ1n) is 8.99. The molecule has 2 aromatic carbocycles. The van der Waals surface area contributed by atoms with Gasteiger partial charge in [0.25, 0.3) is 0 Å². The standard InChI is InChI=1S/C22H22N4/c23-14-19-13-17(15-25-11-6-12-25)16-26(21-10-5-4-9-20(21)24)22(19)18-7-2-1-3-8-18/h1-5,7-10,13,16,22H,6,11-12,15,24H2. The Bertz CT molecular complexity index is 888. The first-order chi connectivity index (χ1) is 12.8. The number of para-hydroxylation sites is 2. The molecule has 1 saturated heterocycles. The van der Waals surface area contributed by atoms with Crippen molar-refractivity contribution in [3.05, 3.63) is 83.6 Å². The topological polar surface area (TPSA) is 56.3 Å². The normalized spacial score (nSPS) is 20.0. The first kappa shape index (κ1) is 16.4. The van der Waals surface area contributed by atoms with Crippen LogP contribution in [-0.2, 0) is 0 Å². The van der Waals surface area contributed by atoms with E-state index in [0.29, 0.717) is 5.69 Å². The summed E-state index contributed by atoms with van der Waals surface area (Å²) in [4.78, 5) is 4.55. The molecule has 130 valence electrons. The lowest BCUT2D eigenvalue weighted by molar-refractivity contribution is 0.199. The number of nitriles is 1. The maximum absolute atomic E-state index is 9.86. The number of benzene rings is 2. The van der Waals surface area contributed by atoms with Crippen molar-refractivity contribution in [1.82, 2.24) is 4.90 Å². The molecule has 2 aliphatic rings. The molecule has 1 atom stereocenters. The van der Waals surface area contributed by atoms with E-state index >= 15 is 0 Å². The lowest BCUT2D eigenvalue weighted by atomic mass is 9.92. The first-order valence-corrected chi connectivity index (χ1v) is 8.99. The molecule has 2 aliphatic heterocycles. The largest absolute Gasteiger partial charge is 0.397 e. The van der Waals surface area contributed by atoms with Crippen molar-refractivity contribution in [2.24, 2.45) is 0 Å². The fraction of sp³-hybridized carbons (Fsp3) is 0.227. The Morgan fingerprint density at radius 2 is 1.77 bits per heavy atom. The van der Waals surface area contributed by atoms with Crippen molar-refractivity contribution in [2.45, 2.75) is 12.5 Å². The SMILES string of the molecule is N#CC1=CC(CN2CCC2)=CN(c2ccccc2N)C1c1ccccc1. The van der Waals surface area contributed by atoms with Crippen LogP contribution in [0.25, 0.3) is 0 Å². The minimum atomic E-state index is -0.161. The van der Waals surface area contributed by atoms with E-state index in [1.807, 2.05) is 48.5 Å². The van der Waals surface area contributed by atoms with Gasteiger partial charge < -0.3 is 10.6 Å². The zero-order valence-corrected chi connectivity index (χ0v) is 14.7. The molecule has 2 N–H and O–H groups in total. The van der Waals surface area contributed by atoms with Crippen molar-refractivity contribution in [2.75, 3.05) is 30.3 Å². The molecule has 1 fully saturated rings. The van der Waals surface area contributed by atoms with Gasteiger partial charge in [0.2, 0.25) is 0 Å². The molecule has 0 amide bonds. The van der Waals surface area contributed by atoms with Crippen molar-refractivity contribution in [3.63, 3.8) is 0 Å². The number of nitrogen functional groups attached to an aromatic ring is 1. The van der Waals surface area contributed by atoms with Crippen LogP contribution in [0.1, 0.15) is 18.0 Å². The zero-order chi connectivity index (χ0) is 17.9. The molecule has 0 bridgehead atoms. The summed E-state index contributed by atoms with van der Waals surface area (Å²) < 4.78 is 0. The Hall–Kier alpha value is -3.03. The van der Waals surface area contributed by atoms with E-state index in [4.69, 9.17) is 5.73 Å². The van der Waals surface area contributed by atoms with Crippen molar-refractivity contribution in [3.8, 4) is 6.07 Å². The number of nitrogens with zero attached hydrogens (tertiary/aromatic N) is 3. The van der Waals surface area contributed by atoms with Gasteiger partial charge in [-0.3, -0.25) is 4.90 Å². The second-order valence-corrected chi connectivity index (χ2v) is 6.82. The predicted octanol–water partition coefficient (Wildman–Crippen LogP) is 3.87. The Balaban J connectivity index is 1.79. The number of hydrogen-bond donors (Lipinski definition) is 1. The molecular formula is C22H22N4. The Morgan fingerprint density at radius 3 is 2.42 bits per heavy atom. The third-order valence-electron chi connectivity index (χ3n) is 5.03. The average Bonchev–Trinajstić information content (AvgIpc) is 2.65. The van der Waals surface area contributed by atoms with Crippen LogP contribution in [0, 0.1) is 11.3 Å². The second-order valence-electron chi connectivity index (χ2n) is 6.82. The Morgan fingerprint density at radius 1 is 1.04 bits per heavy atom. The quantitative estimate of drug-likeness (QED) is 0.857. The summed E-state index contributed by atoms with van der Waals surface area (Å²) in [5, 5.41) is 9.86. The van der Waals surface area contributed by atoms with E-state index in [0.717, 1.165) is 42.0 Å². The smallest absolute Gasteiger partial charge is 0.0973 e. The fourth-order valence-corrected chi connectivity index (χ4v) is 3.60. The van der Waals surface area contributed by atoms with Gasteiger partial charge in [-0.1, -0.05) is 42.5 Å². The highest BCUT2D eigenvalue weighted by molar-refractivity contribution is 5.72. The van der Waals surface area contributed by atoms with Crippen LogP contribution >= 0.6 is 0 Å². The molecule has 4 rings (SSSR count). The van der Waals surface area contributed by atoms with E-state index in [1.165, 1.54) is 6.42 Å². The Kier molecular flexibility index (Phi) is 4.47. The molecule has 2 heterocycles. The lowest BCUT2D eigenvalue weighted by Gasteiger charge is -2.37. The molecule has 0 radical (unpaired) electrons. The molecule has 26 heavy (non-hydrogen) atoms. The number of nitrogens with two attached hydrogens (primary N) is 1. The number of hydrogen-bond acceptors (Lipinski definition) is 4. The molecule has 1 unspecified atom stereocenters. The highest BCUT2D eigenvalue weighted by Crippen LogP contribution is 2.39. The van der Waals surface area contributed by atoms with Crippen LogP contribution in [0.3, 0.4) is 0 Å². The molecule has 4 nitrogen and oxygen atoms in total. The van der Waals surface area contributed by atoms with Crippen LogP contribution < -0.4 is 10.6 Å². The van der Waals surface area contributed by atoms with Gasteiger partial charge in [-0.25, -0.2) is 0 Å². The maximum Gasteiger partial charge on any atom is 0.0973 e. The Labute approximate surface area is 154 Å². The van der Waals surface area contributed by atoms with Gasteiger partial charge in [-0.15, -0.1) is 0 Å².